The average Bonchev–Trinajstić information content (AvgIpc) is 2.99. The molecule has 0 spiro atoms. The van der Waals surface area contributed by atoms with E-state index >= 15 is 0 Å². The average molecular weight is 353 g/mol. The number of thiazole rings is 1. The molecule has 6 heteroatoms. The predicted octanol–water partition coefficient (Wildman–Crippen LogP) is 3.31. The Kier molecular flexibility index (Phi) is 5.31. The number of ether oxygens (including phenoxy) is 1. The third kappa shape index (κ3) is 3.59. The van der Waals surface area contributed by atoms with Crippen LogP contribution in [-0.4, -0.2) is 36.7 Å². The van der Waals surface area contributed by atoms with Crippen molar-refractivity contribution in [2.24, 2.45) is 10.4 Å². The number of guanidine groups is 1. The van der Waals surface area contributed by atoms with Gasteiger partial charge in [-0.25, -0.2) is 4.98 Å². The van der Waals surface area contributed by atoms with Crippen LogP contribution in [0.2, 0.25) is 0 Å². The van der Waals surface area contributed by atoms with E-state index in [0.717, 1.165) is 23.1 Å². The molecular formula is C18H32N4OS. The van der Waals surface area contributed by atoms with Crippen LogP contribution in [0.4, 0.5) is 0 Å². The molecule has 2 atom stereocenters. The zero-order valence-electron chi connectivity index (χ0n) is 16.3. The smallest absolute Gasteiger partial charge is 0.191 e. The molecule has 1 heterocycles. The molecule has 1 aliphatic carbocycles. The summed E-state index contributed by atoms with van der Waals surface area (Å²) < 4.78 is 5.69. The van der Waals surface area contributed by atoms with Gasteiger partial charge in [-0.1, -0.05) is 34.6 Å². The molecule has 0 bridgehead atoms. The van der Waals surface area contributed by atoms with Crippen molar-refractivity contribution < 1.29 is 4.74 Å². The van der Waals surface area contributed by atoms with E-state index < -0.39 is 0 Å². The molecule has 1 aliphatic rings. The van der Waals surface area contributed by atoms with Crippen LogP contribution in [0, 0.1) is 5.41 Å². The maximum Gasteiger partial charge on any atom is 0.191 e. The lowest BCUT2D eigenvalue weighted by Crippen LogP contribution is -2.69. The molecule has 0 amide bonds. The van der Waals surface area contributed by atoms with Gasteiger partial charge in [0.15, 0.2) is 5.96 Å². The number of rotatable bonds is 4. The minimum absolute atomic E-state index is 0.0555. The van der Waals surface area contributed by atoms with Crippen LogP contribution in [0.15, 0.2) is 10.4 Å². The molecular weight excluding hydrogens is 320 g/mol. The Bertz CT molecular complexity index is 602. The van der Waals surface area contributed by atoms with Crippen molar-refractivity contribution in [1.29, 1.82) is 0 Å². The fourth-order valence-electron chi connectivity index (χ4n) is 2.98. The Morgan fingerprint density at radius 3 is 2.54 bits per heavy atom. The first kappa shape index (κ1) is 19.2. The summed E-state index contributed by atoms with van der Waals surface area (Å²) >= 11 is 1.69. The Hall–Kier alpha value is -1.14. The molecule has 2 rings (SSSR count). The topological polar surface area (TPSA) is 58.5 Å². The van der Waals surface area contributed by atoms with Crippen molar-refractivity contribution in [2.75, 3.05) is 14.2 Å². The van der Waals surface area contributed by atoms with E-state index in [0.29, 0.717) is 12.6 Å². The normalized spacial score (nSPS) is 26.8. The zero-order valence-corrected chi connectivity index (χ0v) is 17.1. The van der Waals surface area contributed by atoms with Gasteiger partial charge in [0.05, 0.1) is 17.8 Å². The number of methoxy groups -OCH3 is 1. The Morgan fingerprint density at radius 2 is 2.08 bits per heavy atom. The van der Waals surface area contributed by atoms with Crippen molar-refractivity contribution >= 4 is 17.3 Å². The van der Waals surface area contributed by atoms with Crippen molar-refractivity contribution in [3.8, 4) is 0 Å². The molecule has 1 aromatic heterocycles. The number of nitrogens with zero attached hydrogens (tertiary/aromatic N) is 2. The third-order valence-electron chi connectivity index (χ3n) is 5.54. The molecule has 0 aliphatic heterocycles. The van der Waals surface area contributed by atoms with Gasteiger partial charge >= 0.3 is 0 Å². The van der Waals surface area contributed by atoms with Gasteiger partial charge in [0.1, 0.15) is 5.01 Å². The summed E-state index contributed by atoms with van der Waals surface area (Å²) in [4.78, 5) is 9.07. The highest BCUT2D eigenvalue weighted by Crippen LogP contribution is 2.51. The fourth-order valence-corrected chi connectivity index (χ4v) is 3.94. The predicted molar refractivity (Wildman–Crippen MR) is 102 cm³/mol. The molecule has 24 heavy (non-hydrogen) atoms. The minimum Gasteiger partial charge on any atom is -0.378 e. The van der Waals surface area contributed by atoms with Gasteiger partial charge in [0, 0.05) is 36.4 Å². The maximum absolute atomic E-state index is 5.69. The van der Waals surface area contributed by atoms with Gasteiger partial charge in [-0.05, 0) is 13.3 Å². The lowest BCUT2D eigenvalue weighted by molar-refractivity contribution is -0.176. The van der Waals surface area contributed by atoms with Crippen molar-refractivity contribution in [3.63, 3.8) is 0 Å². The Morgan fingerprint density at radius 1 is 1.42 bits per heavy atom. The van der Waals surface area contributed by atoms with Gasteiger partial charge in [0.2, 0.25) is 0 Å². The minimum atomic E-state index is -0.0829. The van der Waals surface area contributed by atoms with E-state index in [9.17, 15) is 0 Å². The molecule has 0 radical (unpaired) electrons. The summed E-state index contributed by atoms with van der Waals surface area (Å²) in [6, 6.07) is 0.343. The Balaban J connectivity index is 1.92. The van der Waals surface area contributed by atoms with Gasteiger partial charge in [-0.15, -0.1) is 11.3 Å². The maximum atomic E-state index is 5.69. The highest BCUT2D eigenvalue weighted by atomic mass is 32.1. The van der Waals surface area contributed by atoms with Crippen LogP contribution in [-0.2, 0) is 16.7 Å². The SMILES string of the molecule is CN=C(NCc1nc(C(C)(C)C)cs1)NC1CC(C)(OC)C1(C)C. The van der Waals surface area contributed by atoms with Gasteiger partial charge in [-0.2, -0.15) is 0 Å². The van der Waals surface area contributed by atoms with E-state index in [2.05, 4.69) is 62.5 Å². The monoisotopic (exact) mass is 352 g/mol. The largest absolute Gasteiger partial charge is 0.378 e. The van der Waals surface area contributed by atoms with E-state index in [-0.39, 0.29) is 16.4 Å². The molecule has 1 aromatic rings. The molecule has 0 saturated heterocycles. The van der Waals surface area contributed by atoms with Gasteiger partial charge in [0.25, 0.3) is 0 Å². The summed E-state index contributed by atoms with van der Waals surface area (Å²) in [6.07, 6.45) is 0.975. The summed E-state index contributed by atoms with van der Waals surface area (Å²) in [5.74, 6) is 0.818. The van der Waals surface area contributed by atoms with Crippen LogP contribution in [0.25, 0.3) is 0 Å². The van der Waals surface area contributed by atoms with Crippen LogP contribution < -0.4 is 10.6 Å². The van der Waals surface area contributed by atoms with Crippen LogP contribution in [0.5, 0.6) is 0 Å². The van der Waals surface area contributed by atoms with E-state index in [1.54, 1.807) is 25.5 Å². The highest BCUT2D eigenvalue weighted by Gasteiger charge is 2.58. The third-order valence-corrected chi connectivity index (χ3v) is 6.39. The van der Waals surface area contributed by atoms with Crippen molar-refractivity contribution in [3.05, 3.63) is 16.1 Å². The van der Waals surface area contributed by atoms with Crippen LogP contribution in [0.3, 0.4) is 0 Å². The standard InChI is InChI=1S/C18H32N4OS/c1-16(2,3)13-11-24-14(21-13)10-20-15(19-7)22-12-9-18(6,23-8)17(12,4)5/h11-12H,9-10H2,1-8H3,(H2,19,20,22). The lowest BCUT2D eigenvalue weighted by Gasteiger charge is -2.59. The molecule has 1 saturated carbocycles. The summed E-state index contributed by atoms with van der Waals surface area (Å²) in [7, 11) is 3.60. The summed E-state index contributed by atoms with van der Waals surface area (Å²) in [5.41, 5.74) is 1.21. The fraction of sp³-hybridized carbons (Fsp3) is 0.778. The second kappa shape index (κ2) is 6.64. The first-order chi connectivity index (χ1) is 11.0. The first-order valence-electron chi connectivity index (χ1n) is 8.51. The highest BCUT2D eigenvalue weighted by molar-refractivity contribution is 7.09. The zero-order chi connectivity index (χ0) is 18.2. The molecule has 2 N–H and O–H groups in total. The molecule has 5 nitrogen and oxygen atoms in total. The Labute approximate surface area is 150 Å². The quantitative estimate of drug-likeness (QED) is 0.645. The number of aliphatic imine (C=N–C) groups is 1. The molecule has 0 aromatic carbocycles. The second-order valence-corrected chi connectivity index (χ2v) is 9.30. The van der Waals surface area contributed by atoms with Crippen molar-refractivity contribution in [2.45, 2.75) is 71.6 Å². The number of hydrogen-bond donors (Lipinski definition) is 2. The van der Waals surface area contributed by atoms with Crippen molar-refractivity contribution in [1.82, 2.24) is 15.6 Å². The van der Waals surface area contributed by atoms with E-state index in [4.69, 9.17) is 9.72 Å². The molecule has 2 unspecified atom stereocenters. The number of hydrogen-bond acceptors (Lipinski definition) is 4. The lowest BCUT2D eigenvalue weighted by atomic mass is 9.56. The van der Waals surface area contributed by atoms with Crippen LogP contribution >= 0.6 is 11.3 Å². The number of nitrogens with one attached hydrogen (secondary N) is 2. The second-order valence-electron chi connectivity index (χ2n) is 8.36. The summed E-state index contributed by atoms with van der Waals surface area (Å²) in [5, 5.41) is 10.1. The van der Waals surface area contributed by atoms with Crippen LogP contribution in [0.1, 0.15) is 58.7 Å². The van der Waals surface area contributed by atoms with Gasteiger partial charge in [-0.3, -0.25) is 4.99 Å². The summed E-state index contributed by atoms with van der Waals surface area (Å²) in [6.45, 7) is 13.9. The van der Waals surface area contributed by atoms with E-state index in [1.807, 2.05) is 0 Å². The number of aromatic nitrogens is 1. The van der Waals surface area contributed by atoms with E-state index in [1.165, 1.54) is 0 Å². The molecule has 136 valence electrons. The first-order valence-corrected chi connectivity index (χ1v) is 9.38. The van der Waals surface area contributed by atoms with Gasteiger partial charge < -0.3 is 15.4 Å². The molecule has 1 fully saturated rings.